The zero-order valence-corrected chi connectivity index (χ0v) is 19.2. The first-order valence-corrected chi connectivity index (χ1v) is 11.1. The van der Waals surface area contributed by atoms with Gasteiger partial charge in [0.2, 0.25) is 0 Å². The van der Waals surface area contributed by atoms with Gasteiger partial charge in [-0.25, -0.2) is 0 Å². The lowest BCUT2D eigenvalue weighted by Crippen LogP contribution is -2.43. The predicted octanol–water partition coefficient (Wildman–Crippen LogP) is 2.25. The van der Waals surface area contributed by atoms with Gasteiger partial charge in [-0.05, 0) is 35.9 Å². The van der Waals surface area contributed by atoms with Crippen molar-refractivity contribution >= 4 is 23.6 Å². The summed E-state index contributed by atoms with van der Waals surface area (Å²) in [5, 5.41) is 12.2. The summed E-state index contributed by atoms with van der Waals surface area (Å²) in [6.07, 6.45) is 1.44. The van der Waals surface area contributed by atoms with Gasteiger partial charge in [0.25, 0.3) is 11.8 Å². The van der Waals surface area contributed by atoms with Gasteiger partial charge in [0.1, 0.15) is 24.9 Å². The number of anilines is 1. The number of hydrogen-bond donors (Lipinski definition) is 1. The van der Waals surface area contributed by atoms with Crippen molar-refractivity contribution in [2.75, 3.05) is 58.6 Å². The van der Waals surface area contributed by atoms with Gasteiger partial charge in [-0.1, -0.05) is 6.07 Å². The van der Waals surface area contributed by atoms with Crippen molar-refractivity contribution < 1.29 is 33.3 Å². The van der Waals surface area contributed by atoms with Crippen LogP contribution in [0.25, 0.3) is 6.08 Å². The van der Waals surface area contributed by atoms with Crippen LogP contribution in [-0.2, 0) is 14.3 Å². The summed E-state index contributed by atoms with van der Waals surface area (Å²) >= 11 is 0. The summed E-state index contributed by atoms with van der Waals surface area (Å²) in [6.45, 7) is 2.86. The number of carbonyl (C=O) groups excluding carboxylic acids is 2. The third kappa shape index (κ3) is 6.02. The van der Waals surface area contributed by atoms with Gasteiger partial charge in [-0.3, -0.25) is 9.59 Å². The highest BCUT2D eigenvalue weighted by Gasteiger charge is 2.19. The largest absolute Gasteiger partial charge is 0.493 e. The average Bonchev–Trinajstić information content (AvgIpc) is 2.90. The number of benzene rings is 2. The number of methoxy groups -OCH3 is 1. The number of amides is 2. The van der Waals surface area contributed by atoms with Gasteiger partial charge < -0.3 is 33.9 Å². The van der Waals surface area contributed by atoms with Crippen molar-refractivity contribution in [2.45, 2.75) is 0 Å². The van der Waals surface area contributed by atoms with Crippen LogP contribution in [0.1, 0.15) is 5.56 Å². The molecule has 2 aliphatic rings. The molecule has 1 N–H and O–H groups in total. The first kappa shape index (κ1) is 23.9. The van der Waals surface area contributed by atoms with Crippen molar-refractivity contribution in [3.63, 3.8) is 0 Å². The number of morpholine rings is 1. The zero-order valence-electron chi connectivity index (χ0n) is 19.2. The monoisotopic (exact) mass is 479 g/mol. The quantitative estimate of drug-likeness (QED) is 0.474. The molecule has 0 saturated carbocycles. The van der Waals surface area contributed by atoms with Gasteiger partial charge in [0.15, 0.2) is 29.6 Å². The molecule has 182 valence electrons. The molecule has 2 aromatic carbocycles. The van der Waals surface area contributed by atoms with Crippen LogP contribution in [0.15, 0.2) is 42.0 Å². The molecular weight excluding hydrogens is 454 g/mol. The molecule has 4 rings (SSSR count). The summed E-state index contributed by atoms with van der Waals surface area (Å²) < 4.78 is 27.3. The van der Waals surface area contributed by atoms with Crippen LogP contribution < -0.4 is 24.3 Å². The van der Waals surface area contributed by atoms with E-state index in [-0.39, 0.29) is 18.1 Å². The van der Waals surface area contributed by atoms with E-state index in [1.54, 1.807) is 41.3 Å². The number of hydrogen-bond acceptors (Lipinski definition) is 8. The van der Waals surface area contributed by atoms with Crippen LogP contribution in [0, 0.1) is 11.3 Å². The van der Waals surface area contributed by atoms with E-state index in [0.717, 1.165) is 0 Å². The lowest BCUT2D eigenvalue weighted by Gasteiger charge is -2.26. The SMILES string of the molecule is COc1cc(/C=C(\C#N)C(=O)Nc2ccc3c(c2)OCCO3)ccc1OCC(=O)N1CCOCC1. The fraction of sp³-hybridized carbons (Fsp3) is 0.320. The fourth-order valence-corrected chi connectivity index (χ4v) is 3.57. The Balaban J connectivity index is 1.42. The van der Waals surface area contributed by atoms with E-state index < -0.39 is 5.91 Å². The Kier molecular flexibility index (Phi) is 7.70. The molecule has 35 heavy (non-hydrogen) atoms. The maximum atomic E-state index is 12.7. The van der Waals surface area contributed by atoms with E-state index >= 15 is 0 Å². The molecule has 2 heterocycles. The lowest BCUT2D eigenvalue weighted by molar-refractivity contribution is -0.137. The predicted molar refractivity (Wildman–Crippen MR) is 126 cm³/mol. The number of rotatable bonds is 7. The van der Waals surface area contributed by atoms with Crippen LogP contribution in [0.4, 0.5) is 5.69 Å². The molecule has 0 atom stereocenters. The Hall–Kier alpha value is -4.23. The van der Waals surface area contributed by atoms with Crippen LogP contribution in [-0.4, -0.2) is 69.9 Å². The van der Waals surface area contributed by atoms with Gasteiger partial charge >= 0.3 is 0 Å². The van der Waals surface area contributed by atoms with E-state index in [1.807, 2.05) is 6.07 Å². The summed E-state index contributed by atoms with van der Waals surface area (Å²) in [5.41, 5.74) is 0.937. The van der Waals surface area contributed by atoms with Crippen molar-refractivity contribution in [3.8, 4) is 29.1 Å². The molecule has 0 bridgehead atoms. The summed E-state index contributed by atoms with van der Waals surface area (Å²) in [4.78, 5) is 26.7. The molecule has 2 aromatic rings. The van der Waals surface area contributed by atoms with E-state index in [1.165, 1.54) is 13.2 Å². The fourth-order valence-electron chi connectivity index (χ4n) is 3.57. The summed E-state index contributed by atoms with van der Waals surface area (Å²) in [6, 6.07) is 11.9. The van der Waals surface area contributed by atoms with Crippen LogP contribution in [0.2, 0.25) is 0 Å². The summed E-state index contributed by atoms with van der Waals surface area (Å²) in [7, 11) is 1.47. The minimum atomic E-state index is -0.570. The second-order valence-corrected chi connectivity index (χ2v) is 7.67. The van der Waals surface area contributed by atoms with Crippen molar-refractivity contribution in [3.05, 3.63) is 47.5 Å². The van der Waals surface area contributed by atoms with Gasteiger partial charge in [-0.2, -0.15) is 5.26 Å². The Morgan fingerprint density at radius 1 is 1.06 bits per heavy atom. The Morgan fingerprint density at radius 3 is 2.57 bits per heavy atom. The van der Waals surface area contributed by atoms with Gasteiger partial charge in [0.05, 0.1) is 20.3 Å². The molecular formula is C25H25N3O7. The Labute approximate surface area is 202 Å². The Morgan fingerprint density at radius 2 is 1.83 bits per heavy atom. The lowest BCUT2D eigenvalue weighted by atomic mass is 10.1. The highest BCUT2D eigenvalue weighted by molar-refractivity contribution is 6.09. The van der Waals surface area contributed by atoms with Gasteiger partial charge in [0, 0.05) is 24.8 Å². The second kappa shape index (κ2) is 11.3. The summed E-state index contributed by atoms with van der Waals surface area (Å²) in [5.74, 6) is 1.18. The molecule has 10 nitrogen and oxygen atoms in total. The molecule has 0 aliphatic carbocycles. The second-order valence-electron chi connectivity index (χ2n) is 7.67. The molecule has 2 amide bonds. The van der Waals surface area contributed by atoms with E-state index in [9.17, 15) is 14.9 Å². The first-order chi connectivity index (χ1) is 17.1. The topological polar surface area (TPSA) is 119 Å². The highest BCUT2D eigenvalue weighted by atomic mass is 16.6. The van der Waals surface area contributed by atoms with Crippen molar-refractivity contribution in [2.24, 2.45) is 0 Å². The van der Waals surface area contributed by atoms with E-state index in [4.69, 9.17) is 23.7 Å². The van der Waals surface area contributed by atoms with Crippen LogP contribution in [0.3, 0.4) is 0 Å². The van der Waals surface area contributed by atoms with Crippen molar-refractivity contribution in [1.82, 2.24) is 4.90 Å². The Bertz CT molecular complexity index is 1170. The normalized spacial score (nSPS) is 15.1. The van der Waals surface area contributed by atoms with Crippen molar-refractivity contribution in [1.29, 1.82) is 5.26 Å². The van der Waals surface area contributed by atoms with Gasteiger partial charge in [-0.15, -0.1) is 0 Å². The smallest absolute Gasteiger partial charge is 0.266 e. The number of ether oxygens (including phenoxy) is 5. The number of carbonyl (C=O) groups is 2. The molecule has 1 saturated heterocycles. The molecule has 10 heteroatoms. The van der Waals surface area contributed by atoms with E-state index in [0.29, 0.717) is 73.8 Å². The molecule has 0 radical (unpaired) electrons. The molecule has 0 spiro atoms. The molecule has 1 fully saturated rings. The number of nitriles is 1. The van der Waals surface area contributed by atoms with Crippen LogP contribution >= 0.6 is 0 Å². The first-order valence-electron chi connectivity index (χ1n) is 11.1. The molecule has 0 aromatic heterocycles. The minimum Gasteiger partial charge on any atom is -0.493 e. The average molecular weight is 479 g/mol. The number of fused-ring (bicyclic) bond motifs is 1. The minimum absolute atomic E-state index is 0.0990. The maximum Gasteiger partial charge on any atom is 0.266 e. The molecule has 2 aliphatic heterocycles. The van der Waals surface area contributed by atoms with Crippen LogP contribution in [0.5, 0.6) is 23.0 Å². The third-order valence-corrected chi connectivity index (χ3v) is 5.38. The standard InChI is InChI=1S/C25H25N3O7/c1-31-22-13-17(2-4-20(22)35-16-24(29)28-6-8-32-9-7-28)12-18(15-26)25(30)27-19-3-5-21-23(14-19)34-11-10-33-21/h2-5,12-14H,6-11,16H2,1H3,(H,27,30)/b18-12+. The van der Waals surface area contributed by atoms with E-state index in [2.05, 4.69) is 5.32 Å². The highest BCUT2D eigenvalue weighted by Crippen LogP contribution is 2.33. The molecule has 0 unspecified atom stereocenters. The zero-order chi connectivity index (χ0) is 24.6. The number of nitrogens with zero attached hydrogens (tertiary/aromatic N) is 2. The number of nitrogens with one attached hydrogen (secondary N) is 1. The third-order valence-electron chi connectivity index (χ3n) is 5.38. The maximum absolute atomic E-state index is 12.7.